The minimum absolute atomic E-state index is 0. The summed E-state index contributed by atoms with van der Waals surface area (Å²) in [5, 5.41) is 2.92. The summed E-state index contributed by atoms with van der Waals surface area (Å²) in [6, 6.07) is 4.69. The molecule has 1 atom stereocenters. The molecule has 1 aromatic rings. The van der Waals surface area contributed by atoms with Crippen molar-refractivity contribution >= 4 is 29.9 Å². The van der Waals surface area contributed by atoms with E-state index in [4.69, 9.17) is 10.5 Å². The first-order chi connectivity index (χ1) is 9.56. The number of fused-ring (bicyclic) bond motifs is 1. The van der Waals surface area contributed by atoms with Gasteiger partial charge in [0.05, 0.1) is 5.69 Å². The molecule has 7 heteroatoms. The molecule has 0 radical (unpaired) electrons. The largest absolute Gasteiger partial charge is 0.489 e. The Balaban J connectivity index is 0.00000161. The molecule has 1 aliphatic carbocycles. The molecular weight excluding hydrogens is 294 g/mol. The Morgan fingerprint density at radius 3 is 2.81 bits per heavy atom. The number of likely N-dealkylation sites (N-methyl/N-ethyl adjacent to an activating group) is 1. The van der Waals surface area contributed by atoms with Crippen LogP contribution in [-0.4, -0.2) is 37.6 Å². The summed E-state index contributed by atoms with van der Waals surface area (Å²) in [5.74, 6) is 0.206. The molecule has 2 amide bonds. The number of nitrogens with two attached hydrogens (primary N) is 1. The molecule has 0 saturated heterocycles. The molecule has 1 fully saturated rings. The van der Waals surface area contributed by atoms with E-state index in [0.29, 0.717) is 23.0 Å². The van der Waals surface area contributed by atoms with Gasteiger partial charge in [0.2, 0.25) is 5.91 Å². The van der Waals surface area contributed by atoms with Crippen LogP contribution in [0.4, 0.5) is 5.69 Å². The summed E-state index contributed by atoms with van der Waals surface area (Å²) >= 11 is 0. The van der Waals surface area contributed by atoms with Crippen molar-refractivity contribution < 1.29 is 14.3 Å². The van der Waals surface area contributed by atoms with Gasteiger partial charge in [-0.3, -0.25) is 9.59 Å². The predicted octanol–water partition coefficient (Wildman–Crippen LogP) is 0.683. The summed E-state index contributed by atoms with van der Waals surface area (Å²) in [5.41, 5.74) is 6.89. The van der Waals surface area contributed by atoms with E-state index in [1.165, 1.54) is 4.90 Å². The van der Waals surface area contributed by atoms with Crippen molar-refractivity contribution in [2.24, 2.45) is 5.73 Å². The van der Waals surface area contributed by atoms with Gasteiger partial charge in [0, 0.05) is 18.7 Å². The van der Waals surface area contributed by atoms with Gasteiger partial charge in [0.1, 0.15) is 18.4 Å². The second kappa shape index (κ2) is 5.91. The molecule has 0 aromatic heterocycles. The number of amides is 2. The molecule has 0 spiro atoms. The molecule has 1 aliphatic heterocycles. The van der Waals surface area contributed by atoms with Gasteiger partial charge in [-0.25, -0.2) is 0 Å². The molecule has 3 N–H and O–H groups in total. The van der Waals surface area contributed by atoms with Crippen LogP contribution in [0.5, 0.6) is 5.75 Å². The fourth-order valence-corrected chi connectivity index (χ4v) is 2.16. The van der Waals surface area contributed by atoms with E-state index in [1.807, 2.05) is 0 Å². The maximum absolute atomic E-state index is 12.0. The van der Waals surface area contributed by atoms with Crippen molar-refractivity contribution in [2.45, 2.75) is 24.9 Å². The Hall–Kier alpha value is -1.79. The van der Waals surface area contributed by atoms with Crippen molar-refractivity contribution in [1.29, 1.82) is 0 Å². The number of anilines is 1. The highest BCUT2D eigenvalue weighted by Crippen LogP contribution is 2.31. The topological polar surface area (TPSA) is 84.7 Å². The Labute approximate surface area is 129 Å². The lowest BCUT2D eigenvalue weighted by molar-refractivity contribution is -0.119. The van der Waals surface area contributed by atoms with Crippen molar-refractivity contribution in [3.63, 3.8) is 0 Å². The summed E-state index contributed by atoms with van der Waals surface area (Å²) in [6.45, 7) is 0.115. The molecule has 0 unspecified atom stereocenters. The van der Waals surface area contributed by atoms with Crippen LogP contribution in [0.15, 0.2) is 18.2 Å². The van der Waals surface area contributed by atoms with Gasteiger partial charge >= 0.3 is 0 Å². The number of carbonyl (C=O) groups excluding carboxylic acids is 2. The SMILES string of the molecule is CN1C(=O)[C@@H](N)COc2cc(C(=O)NC3CC3)ccc21.Cl. The van der Waals surface area contributed by atoms with Crippen molar-refractivity contribution in [3.05, 3.63) is 23.8 Å². The quantitative estimate of drug-likeness (QED) is 0.841. The summed E-state index contributed by atoms with van der Waals surface area (Å²) in [6.07, 6.45) is 2.08. The Morgan fingerprint density at radius 2 is 2.14 bits per heavy atom. The standard InChI is InChI=1S/C14H17N3O3.ClH/c1-17-11-5-2-8(13(18)16-9-3-4-9)6-12(11)20-7-10(15)14(17)19;/h2,5-6,9-10H,3-4,7,15H2,1H3,(H,16,18);1H/t10-;/m0./s1. The fraction of sp³-hybridized carbons (Fsp3) is 0.429. The summed E-state index contributed by atoms with van der Waals surface area (Å²) in [7, 11) is 1.65. The zero-order chi connectivity index (χ0) is 14.3. The van der Waals surface area contributed by atoms with Crippen molar-refractivity contribution in [2.75, 3.05) is 18.6 Å². The summed E-state index contributed by atoms with van der Waals surface area (Å²) in [4.78, 5) is 25.4. The average molecular weight is 312 g/mol. The van der Waals surface area contributed by atoms with Crippen LogP contribution in [-0.2, 0) is 4.79 Å². The Morgan fingerprint density at radius 1 is 1.43 bits per heavy atom. The maximum Gasteiger partial charge on any atom is 0.251 e. The molecule has 1 heterocycles. The monoisotopic (exact) mass is 311 g/mol. The highest BCUT2D eigenvalue weighted by atomic mass is 35.5. The molecule has 6 nitrogen and oxygen atoms in total. The van der Waals surface area contributed by atoms with E-state index in [1.54, 1.807) is 25.2 Å². The lowest BCUT2D eigenvalue weighted by atomic mass is 10.1. The Bertz CT molecular complexity index is 575. The zero-order valence-electron chi connectivity index (χ0n) is 11.7. The van der Waals surface area contributed by atoms with E-state index in [-0.39, 0.29) is 30.8 Å². The molecule has 114 valence electrons. The third kappa shape index (κ3) is 3.11. The minimum atomic E-state index is -0.684. The number of carbonyl (C=O) groups is 2. The fourth-order valence-electron chi connectivity index (χ4n) is 2.16. The zero-order valence-corrected chi connectivity index (χ0v) is 12.5. The van der Waals surface area contributed by atoms with Gasteiger partial charge in [-0.2, -0.15) is 0 Å². The van der Waals surface area contributed by atoms with Gasteiger partial charge in [-0.1, -0.05) is 0 Å². The first-order valence-electron chi connectivity index (χ1n) is 6.67. The van der Waals surface area contributed by atoms with E-state index >= 15 is 0 Å². The van der Waals surface area contributed by atoms with Gasteiger partial charge in [0.15, 0.2) is 0 Å². The average Bonchev–Trinajstić information content (AvgIpc) is 3.26. The van der Waals surface area contributed by atoms with Gasteiger partial charge in [-0.05, 0) is 31.0 Å². The maximum atomic E-state index is 12.0. The second-order valence-electron chi connectivity index (χ2n) is 5.24. The lowest BCUT2D eigenvalue weighted by Gasteiger charge is -2.17. The molecule has 1 saturated carbocycles. The number of benzene rings is 1. The first-order valence-corrected chi connectivity index (χ1v) is 6.67. The number of nitrogens with zero attached hydrogens (tertiary/aromatic N) is 1. The smallest absolute Gasteiger partial charge is 0.251 e. The van der Waals surface area contributed by atoms with E-state index < -0.39 is 6.04 Å². The van der Waals surface area contributed by atoms with Gasteiger partial charge in [0.25, 0.3) is 5.91 Å². The molecule has 3 rings (SSSR count). The van der Waals surface area contributed by atoms with Crippen LogP contribution in [0, 0.1) is 0 Å². The predicted molar refractivity (Wildman–Crippen MR) is 81.1 cm³/mol. The van der Waals surface area contributed by atoms with Crippen LogP contribution in [0.3, 0.4) is 0 Å². The number of nitrogens with one attached hydrogen (secondary N) is 1. The number of halogens is 1. The normalized spacial score (nSPS) is 20.8. The number of hydrogen-bond donors (Lipinski definition) is 2. The van der Waals surface area contributed by atoms with Crippen LogP contribution in [0.1, 0.15) is 23.2 Å². The highest BCUT2D eigenvalue weighted by molar-refractivity contribution is 6.00. The lowest BCUT2D eigenvalue weighted by Crippen LogP contribution is -2.43. The third-order valence-electron chi connectivity index (χ3n) is 3.56. The van der Waals surface area contributed by atoms with Crippen molar-refractivity contribution in [3.8, 4) is 5.75 Å². The molecule has 2 aliphatic rings. The van der Waals surface area contributed by atoms with E-state index in [0.717, 1.165) is 12.8 Å². The van der Waals surface area contributed by atoms with Crippen molar-refractivity contribution in [1.82, 2.24) is 5.32 Å². The van der Waals surface area contributed by atoms with E-state index in [9.17, 15) is 9.59 Å². The first kappa shape index (κ1) is 15.6. The molecular formula is C14H18ClN3O3. The molecule has 1 aromatic carbocycles. The van der Waals surface area contributed by atoms with Gasteiger partial charge < -0.3 is 20.7 Å². The third-order valence-corrected chi connectivity index (χ3v) is 3.56. The van der Waals surface area contributed by atoms with Crippen LogP contribution in [0.25, 0.3) is 0 Å². The number of ether oxygens (including phenoxy) is 1. The van der Waals surface area contributed by atoms with Gasteiger partial charge in [-0.15, -0.1) is 12.4 Å². The molecule has 0 bridgehead atoms. The van der Waals surface area contributed by atoms with E-state index in [2.05, 4.69) is 5.32 Å². The highest BCUT2D eigenvalue weighted by Gasteiger charge is 2.28. The number of hydrogen-bond acceptors (Lipinski definition) is 4. The second-order valence-corrected chi connectivity index (χ2v) is 5.24. The summed E-state index contributed by atoms with van der Waals surface area (Å²) < 4.78 is 5.55. The minimum Gasteiger partial charge on any atom is -0.489 e. The van der Waals surface area contributed by atoms with Crippen LogP contribution in [0.2, 0.25) is 0 Å². The number of rotatable bonds is 2. The van der Waals surface area contributed by atoms with Crippen LogP contribution >= 0.6 is 12.4 Å². The van der Waals surface area contributed by atoms with Crippen LogP contribution < -0.4 is 20.7 Å². The Kier molecular flexibility index (Phi) is 4.39. The molecule has 21 heavy (non-hydrogen) atoms.